The zero-order valence-electron chi connectivity index (χ0n) is 11.2. The van der Waals surface area contributed by atoms with Crippen LogP contribution in [0.25, 0.3) is 0 Å². The van der Waals surface area contributed by atoms with Crippen LogP contribution in [-0.2, 0) is 0 Å². The van der Waals surface area contributed by atoms with Crippen LogP contribution in [0.3, 0.4) is 0 Å². The molecule has 0 aromatic heterocycles. The van der Waals surface area contributed by atoms with Gasteiger partial charge in [-0.2, -0.15) is 0 Å². The molecule has 0 saturated carbocycles. The Morgan fingerprint density at radius 1 is 1.39 bits per heavy atom. The maximum Gasteiger partial charge on any atom is 0.170 e. The topological polar surface area (TPSA) is 37.7 Å². The lowest BCUT2D eigenvalue weighted by Crippen LogP contribution is -3.05. The average Bonchev–Trinajstić information content (AvgIpc) is 2.34. The average molecular weight is 268 g/mol. The molecule has 0 heterocycles. The zero-order valence-corrected chi connectivity index (χ0v) is 12.1. The molecule has 3 N–H and O–H groups in total. The minimum absolute atomic E-state index is 0.650. The van der Waals surface area contributed by atoms with Crippen LogP contribution >= 0.6 is 12.2 Å². The van der Waals surface area contributed by atoms with Gasteiger partial charge in [0.15, 0.2) is 5.11 Å². The summed E-state index contributed by atoms with van der Waals surface area (Å²) in [7, 11) is 5.94. The van der Waals surface area contributed by atoms with Crippen LogP contribution < -0.4 is 20.3 Å². The third-order valence-corrected chi connectivity index (χ3v) is 2.71. The van der Waals surface area contributed by atoms with Gasteiger partial charge in [-0.05, 0) is 24.4 Å². The fourth-order valence-electron chi connectivity index (χ4n) is 1.52. The molecule has 0 saturated heterocycles. The second-order valence-corrected chi connectivity index (χ2v) is 4.83. The second kappa shape index (κ2) is 7.89. The van der Waals surface area contributed by atoms with E-state index >= 15 is 0 Å². The zero-order chi connectivity index (χ0) is 13.4. The van der Waals surface area contributed by atoms with Crippen LogP contribution in [0.1, 0.15) is 6.42 Å². The fraction of sp³-hybridized carbons (Fsp3) is 0.462. The van der Waals surface area contributed by atoms with Gasteiger partial charge in [-0.3, -0.25) is 0 Å². The van der Waals surface area contributed by atoms with Gasteiger partial charge in [0.2, 0.25) is 0 Å². The standard InChI is InChI=1S/C13H21N3OS/c1-16(2)9-5-8-14-13(18)15-11-6-4-7-12(10-11)17-3/h4,6-7,10H,5,8-9H2,1-3H3,(H2,14,15,18)/p+1. The first-order valence-electron chi connectivity index (χ1n) is 6.09. The SMILES string of the molecule is COc1cccc(NC(=S)NCCC[NH+](C)C)c1. The summed E-state index contributed by atoms with van der Waals surface area (Å²) >= 11 is 5.22. The summed E-state index contributed by atoms with van der Waals surface area (Å²) in [5.41, 5.74) is 0.935. The lowest BCUT2D eigenvalue weighted by molar-refractivity contribution is -0.858. The third-order valence-electron chi connectivity index (χ3n) is 2.47. The summed E-state index contributed by atoms with van der Waals surface area (Å²) in [6, 6.07) is 7.71. The van der Waals surface area contributed by atoms with Crippen LogP contribution in [0.2, 0.25) is 0 Å². The van der Waals surface area contributed by atoms with E-state index in [1.807, 2.05) is 24.3 Å². The Labute approximate surface area is 114 Å². The molecule has 1 aromatic rings. The van der Waals surface area contributed by atoms with Gasteiger partial charge in [-0.1, -0.05) is 6.07 Å². The summed E-state index contributed by atoms with van der Waals surface area (Å²) in [4.78, 5) is 1.45. The molecule has 0 bridgehead atoms. The monoisotopic (exact) mass is 268 g/mol. The van der Waals surface area contributed by atoms with E-state index in [1.54, 1.807) is 7.11 Å². The maximum atomic E-state index is 5.22. The van der Waals surface area contributed by atoms with Crippen molar-refractivity contribution in [3.63, 3.8) is 0 Å². The van der Waals surface area contributed by atoms with E-state index in [4.69, 9.17) is 17.0 Å². The maximum absolute atomic E-state index is 5.22. The first-order chi connectivity index (χ1) is 8.61. The van der Waals surface area contributed by atoms with Crippen molar-refractivity contribution < 1.29 is 9.64 Å². The van der Waals surface area contributed by atoms with Crippen LogP contribution in [0.5, 0.6) is 5.75 Å². The second-order valence-electron chi connectivity index (χ2n) is 4.42. The molecule has 4 nitrogen and oxygen atoms in total. The highest BCUT2D eigenvalue weighted by Gasteiger charge is 1.99. The molecule has 0 unspecified atom stereocenters. The summed E-state index contributed by atoms with van der Waals surface area (Å²) in [6.07, 6.45) is 1.10. The molecule has 18 heavy (non-hydrogen) atoms. The van der Waals surface area contributed by atoms with E-state index in [2.05, 4.69) is 24.7 Å². The first-order valence-corrected chi connectivity index (χ1v) is 6.50. The molecule has 5 heteroatoms. The van der Waals surface area contributed by atoms with Crippen molar-refractivity contribution in [2.45, 2.75) is 6.42 Å². The van der Waals surface area contributed by atoms with Crippen LogP contribution in [-0.4, -0.2) is 39.4 Å². The van der Waals surface area contributed by atoms with Crippen LogP contribution in [0, 0.1) is 0 Å². The molecule has 0 amide bonds. The molecular formula is C13H22N3OS+. The summed E-state index contributed by atoms with van der Waals surface area (Å²) < 4.78 is 5.15. The van der Waals surface area contributed by atoms with Crippen LogP contribution in [0.4, 0.5) is 5.69 Å². The van der Waals surface area contributed by atoms with Crippen molar-refractivity contribution in [1.82, 2.24) is 5.32 Å². The van der Waals surface area contributed by atoms with Gasteiger partial charge in [0, 0.05) is 24.7 Å². The normalized spacial score (nSPS) is 10.2. The Morgan fingerprint density at radius 3 is 2.83 bits per heavy atom. The number of nitrogens with one attached hydrogen (secondary N) is 3. The smallest absolute Gasteiger partial charge is 0.170 e. The van der Waals surface area contributed by atoms with Crippen molar-refractivity contribution in [2.75, 3.05) is 39.6 Å². The number of anilines is 1. The van der Waals surface area contributed by atoms with E-state index in [9.17, 15) is 0 Å². The predicted molar refractivity (Wildman–Crippen MR) is 79.5 cm³/mol. The highest BCUT2D eigenvalue weighted by molar-refractivity contribution is 7.80. The fourth-order valence-corrected chi connectivity index (χ4v) is 1.74. The molecule has 0 atom stereocenters. The van der Waals surface area contributed by atoms with E-state index in [1.165, 1.54) is 4.90 Å². The molecule has 1 rings (SSSR count). The lowest BCUT2D eigenvalue weighted by atomic mass is 10.3. The molecule has 0 fully saturated rings. The number of quaternary nitrogens is 1. The van der Waals surface area contributed by atoms with Crippen molar-refractivity contribution >= 4 is 23.0 Å². The third kappa shape index (κ3) is 5.84. The van der Waals surface area contributed by atoms with E-state index in [0.29, 0.717) is 5.11 Å². The van der Waals surface area contributed by atoms with E-state index < -0.39 is 0 Å². The van der Waals surface area contributed by atoms with Crippen molar-refractivity contribution in [1.29, 1.82) is 0 Å². The van der Waals surface area contributed by atoms with Gasteiger partial charge < -0.3 is 20.3 Å². The molecular weight excluding hydrogens is 246 g/mol. The first kappa shape index (κ1) is 14.7. The van der Waals surface area contributed by atoms with Gasteiger partial charge in [0.25, 0.3) is 0 Å². The van der Waals surface area contributed by atoms with Gasteiger partial charge in [0.05, 0.1) is 27.7 Å². The van der Waals surface area contributed by atoms with Crippen LogP contribution in [0.15, 0.2) is 24.3 Å². The number of benzene rings is 1. The largest absolute Gasteiger partial charge is 0.497 e. The van der Waals surface area contributed by atoms with Crippen molar-refractivity contribution in [3.05, 3.63) is 24.3 Å². The van der Waals surface area contributed by atoms with Gasteiger partial charge in [-0.25, -0.2) is 0 Å². The van der Waals surface area contributed by atoms with Gasteiger partial charge in [0.1, 0.15) is 5.75 Å². The Kier molecular flexibility index (Phi) is 6.46. The number of hydrogen-bond donors (Lipinski definition) is 3. The molecule has 100 valence electrons. The summed E-state index contributed by atoms with van der Waals surface area (Å²) in [5.74, 6) is 0.819. The number of rotatable bonds is 6. The van der Waals surface area contributed by atoms with Gasteiger partial charge >= 0.3 is 0 Å². The Balaban J connectivity index is 2.30. The number of methoxy groups -OCH3 is 1. The van der Waals surface area contributed by atoms with E-state index in [0.717, 1.165) is 30.9 Å². The number of ether oxygens (including phenoxy) is 1. The molecule has 0 aliphatic rings. The number of hydrogen-bond acceptors (Lipinski definition) is 2. The minimum atomic E-state index is 0.650. The minimum Gasteiger partial charge on any atom is -0.497 e. The number of thiocarbonyl (C=S) groups is 1. The van der Waals surface area contributed by atoms with Crippen molar-refractivity contribution in [2.24, 2.45) is 0 Å². The van der Waals surface area contributed by atoms with Gasteiger partial charge in [-0.15, -0.1) is 0 Å². The molecule has 1 aromatic carbocycles. The Hall–Kier alpha value is -1.33. The Bertz CT molecular complexity index is 382. The highest BCUT2D eigenvalue weighted by Crippen LogP contribution is 2.16. The quantitative estimate of drug-likeness (QED) is 0.519. The highest BCUT2D eigenvalue weighted by atomic mass is 32.1. The molecule has 0 aliphatic heterocycles. The van der Waals surface area contributed by atoms with E-state index in [-0.39, 0.29) is 0 Å². The molecule has 0 radical (unpaired) electrons. The molecule has 0 aliphatic carbocycles. The summed E-state index contributed by atoms with van der Waals surface area (Å²) in [5, 5.41) is 6.98. The predicted octanol–water partition coefficient (Wildman–Crippen LogP) is 0.516. The molecule has 0 spiro atoms. The summed E-state index contributed by atoms with van der Waals surface area (Å²) in [6.45, 7) is 2.02. The lowest BCUT2D eigenvalue weighted by Gasteiger charge is -2.12. The van der Waals surface area contributed by atoms with Crippen molar-refractivity contribution in [3.8, 4) is 5.75 Å². The Morgan fingerprint density at radius 2 is 2.17 bits per heavy atom.